The quantitative estimate of drug-likeness (QED) is 0.0335. The molecule has 0 unspecified atom stereocenters. The van der Waals surface area contributed by atoms with Crippen LogP contribution in [0.3, 0.4) is 0 Å². The van der Waals surface area contributed by atoms with Gasteiger partial charge in [0.25, 0.3) is 0 Å². The topological polar surface area (TPSA) is 245 Å². The van der Waals surface area contributed by atoms with Crippen LogP contribution in [0.4, 0.5) is 9.59 Å². The second kappa shape index (κ2) is 27.8. The van der Waals surface area contributed by atoms with Crippen molar-refractivity contribution in [2.75, 3.05) is 26.2 Å². The first-order valence-electron chi connectivity index (χ1n) is 33.8. The maximum Gasteiger partial charge on any atom is 0.410 e. The molecule has 4 aromatic heterocycles. The summed E-state index contributed by atoms with van der Waals surface area (Å²) in [6, 6.07) is 28.0. The van der Waals surface area contributed by atoms with Crippen molar-refractivity contribution in [3.63, 3.8) is 0 Å². The minimum absolute atomic E-state index is 0.120. The number of amides is 2. The van der Waals surface area contributed by atoms with Crippen LogP contribution >= 0.6 is 11.8 Å². The van der Waals surface area contributed by atoms with E-state index in [-0.39, 0.29) is 24.3 Å². The number of hydrogen-bond donors (Lipinski definition) is 5. The van der Waals surface area contributed by atoms with Crippen LogP contribution in [0.1, 0.15) is 188 Å². The molecule has 1 saturated carbocycles. The zero-order valence-electron chi connectivity index (χ0n) is 55.7. The SMILES string of the molecule is CC(C)(C)OC(=O)N1CCC[C@H]1c1nc2c([nH]1)CCCc1cc(-c3ccc4nc([C@@H]5CCCN5C(=O)OC(C)(C)C)n(COCC[Si](C)(C)C)c4c3)ccc1-2.N=NN=NCl.c1cc2c(cc1-c1ccc3nc(C4CCCC4)[nH]c3c1)CCCc1[nH]c([C@@H]3CCCN3)nc1-2. The average molecular weight is 1300 g/mol. The van der Waals surface area contributed by atoms with Gasteiger partial charge < -0.3 is 39.0 Å². The number of nitrogens with zero attached hydrogens (tertiary/aromatic N) is 10. The maximum absolute atomic E-state index is 13.4. The van der Waals surface area contributed by atoms with Crippen molar-refractivity contribution in [3.05, 3.63) is 119 Å². The molecule has 4 aromatic carbocycles. The lowest BCUT2D eigenvalue weighted by atomic mass is 9.96. The molecule has 0 spiro atoms. The molecule has 2 amide bonds. The number of hydrogen-bond acceptors (Lipinski definition) is 12. The number of likely N-dealkylation sites (tertiary alicyclic amines) is 2. The molecule has 0 bridgehead atoms. The zero-order valence-corrected chi connectivity index (χ0v) is 57.4. The molecule has 3 aliphatic carbocycles. The molecule has 0 radical (unpaired) electrons. The van der Waals surface area contributed by atoms with E-state index in [4.69, 9.17) is 39.7 Å². The highest BCUT2D eigenvalue weighted by Gasteiger charge is 2.38. The largest absolute Gasteiger partial charge is 0.444 e. The fourth-order valence-electron chi connectivity index (χ4n) is 14.3. The van der Waals surface area contributed by atoms with E-state index in [2.05, 4.69) is 144 Å². The zero-order chi connectivity index (χ0) is 65.2. The number of fused-ring (bicyclic) bond motifs is 8. The van der Waals surface area contributed by atoms with Gasteiger partial charge in [0.2, 0.25) is 0 Å². The fraction of sp³-hybridized carbons (Fsp3) is 0.521. The summed E-state index contributed by atoms with van der Waals surface area (Å²) in [6.45, 7) is 22.0. The molecule has 8 aromatic rings. The highest BCUT2D eigenvalue weighted by Crippen LogP contribution is 2.42. The third-order valence-electron chi connectivity index (χ3n) is 18.8. The first-order valence-corrected chi connectivity index (χ1v) is 37.8. The van der Waals surface area contributed by atoms with E-state index in [1.54, 1.807) is 0 Å². The molecule has 3 saturated heterocycles. The Kier molecular flexibility index (Phi) is 19.6. The first kappa shape index (κ1) is 65.5. The lowest BCUT2D eigenvalue weighted by Crippen LogP contribution is -2.37. The number of carbonyl (C=O) groups excluding carboxylic acids is 2. The molecule has 3 aliphatic heterocycles. The number of ether oxygens (including phenoxy) is 3. The van der Waals surface area contributed by atoms with Crippen LogP contribution in [-0.2, 0) is 46.6 Å². The molecule has 3 atom stereocenters. The molecule has 93 heavy (non-hydrogen) atoms. The van der Waals surface area contributed by atoms with Crippen molar-refractivity contribution >= 4 is 54.1 Å². The Balaban J connectivity index is 0.000000184. The van der Waals surface area contributed by atoms with Crippen LogP contribution in [-0.4, -0.2) is 107 Å². The predicted molar refractivity (Wildman–Crippen MR) is 367 cm³/mol. The number of aromatic amines is 3. The number of nitrogens with one attached hydrogen (secondary N) is 5. The summed E-state index contributed by atoms with van der Waals surface area (Å²) in [5.41, 5.74) is 23.4. The van der Waals surface area contributed by atoms with E-state index in [0.717, 1.165) is 144 Å². The van der Waals surface area contributed by atoms with Crippen molar-refractivity contribution in [2.24, 2.45) is 15.1 Å². The van der Waals surface area contributed by atoms with Gasteiger partial charge in [-0.15, -0.1) is 0 Å². The Morgan fingerprint density at radius 1 is 0.624 bits per heavy atom. The van der Waals surface area contributed by atoms with E-state index < -0.39 is 19.3 Å². The van der Waals surface area contributed by atoms with Crippen molar-refractivity contribution < 1.29 is 23.8 Å². The van der Waals surface area contributed by atoms with Gasteiger partial charge in [-0.05, 0) is 212 Å². The molecule has 22 heteroatoms. The third kappa shape index (κ3) is 15.2. The van der Waals surface area contributed by atoms with Crippen LogP contribution < -0.4 is 5.32 Å². The Morgan fingerprint density at radius 2 is 1.19 bits per heavy atom. The monoisotopic (exact) mass is 1300 g/mol. The van der Waals surface area contributed by atoms with Crippen LogP contribution in [0.2, 0.25) is 25.7 Å². The number of aromatic nitrogens is 8. The predicted octanol–water partition coefficient (Wildman–Crippen LogP) is 17.8. The van der Waals surface area contributed by atoms with E-state index >= 15 is 0 Å². The molecule has 7 heterocycles. The molecule has 492 valence electrons. The molecular weight excluding hydrogens is 1210 g/mol. The molecular formula is C71H92ClN15O5Si. The summed E-state index contributed by atoms with van der Waals surface area (Å²) < 4.78 is 22.7. The Labute approximate surface area is 551 Å². The highest BCUT2D eigenvalue weighted by atomic mass is 35.5. The summed E-state index contributed by atoms with van der Waals surface area (Å²) in [5, 5.41) is 8.67. The lowest BCUT2D eigenvalue weighted by Gasteiger charge is -2.28. The van der Waals surface area contributed by atoms with Crippen molar-refractivity contribution in [3.8, 4) is 44.8 Å². The second-order valence-electron chi connectivity index (χ2n) is 29.2. The smallest absolute Gasteiger partial charge is 0.410 e. The number of benzene rings is 4. The summed E-state index contributed by atoms with van der Waals surface area (Å²) in [6.07, 6.45) is 16.7. The van der Waals surface area contributed by atoms with E-state index in [9.17, 15) is 9.59 Å². The van der Waals surface area contributed by atoms with Gasteiger partial charge in [0, 0.05) is 56.2 Å². The number of halogens is 1. The second-order valence-corrected chi connectivity index (χ2v) is 35.0. The minimum atomic E-state index is -1.28. The van der Waals surface area contributed by atoms with Crippen LogP contribution in [0.25, 0.3) is 66.8 Å². The standard InChI is InChI=1S/C43H60N6O5Si.C28H31N5.ClHN4/c1-42(2,3)53-40(50)47-21-11-15-34(47)38-44-33-14-10-13-30-25-28(17-19-31(30)37(33)46-38)29-18-20-32-36(26-29)49(27-52-23-24-55(7,8)9)39(45-32)35-16-12-22-48(35)41(51)54-43(4,5)6;1-2-6-17(5-1)27-30-22-13-11-19(16-25(22)32-27)18-10-12-21-20(15-18)7-3-8-23-26(21)33-28(31-23)24-9-4-14-29-24;1-3-5-4-2/h17-20,25-26,34-35H,10-16,21-24,27H2,1-9H3,(H,44,46);10-13,15-17,24,29H,1-9,14H2,(H,30,32)(H,31,33);2H/t34-,35-;24-;/m00./s1. The molecule has 4 fully saturated rings. The van der Waals surface area contributed by atoms with Gasteiger partial charge in [0.15, 0.2) is 0 Å². The molecule has 5 N–H and O–H groups in total. The highest BCUT2D eigenvalue weighted by molar-refractivity contribution is 6.76. The van der Waals surface area contributed by atoms with E-state index in [0.29, 0.717) is 38.4 Å². The molecule has 20 nitrogen and oxygen atoms in total. The lowest BCUT2D eigenvalue weighted by molar-refractivity contribution is 0.0200. The summed E-state index contributed by atoms with van der Waals surface area (Å²) in [5.74, 6) is 4.61. The van der Waals surface area contributed by atoms with Crippen molar-refractivity contribution in [1.29, 1.82) is 5.53 Å². The third-order valence-corrected chi connectivity index (χ3v) is 20.6. The Hall–Kier alpha value is -7.59. The van der Waals surface area contributed by atoms with Crippen molar-refractivity contribution in [2.45, 2.75) is 212 Å². The van der Waals surface area contributed by atoms with Gasteiger partial charge in [-0.1, -0.05) is 85.6 Å². The van der Waals surface area contributed by atoms with Gasteiger partial charge >= 0.3 is 12.2 Å². The van der Waals surface area contributed by atoms with Gasteiger partial charge in [-0.25, -0.2) is 29.5 Å². The molecule has 14 rings (SSSR count). The van der Waals surface area contributed by atoms with Crippen LogP contribution in [0, 0.1) is 5.53 Å². The van der Waals surface area contributed by atoms with Gasteiger partial charge in [0.1, 0.15) is 41.2 Å². The van der Waals surface area contributed by atoms with Gasteiger partial charge in [0.05, 0.1) is 63.4 Å². The maximum atomic E-state index is 13.4. The number of aryl methyl sites for hydroxylation is 4. The van der Waals surface area contributed by atoms with Gasteiger partial charge in [-0.2, -0.15) is 5.53 Å². The normalized spacial score (nSPS) is 19.1. The number of H-pyrrole nitrogens is 3. The molecule has 6 aliphatic rings. The number of rotatable bonds is 12. The van der Waals surface area contributed by atoms with Crippen LogP contribution in [0.15, 0.2) is 87.9 Å². The summed E-state index contributed by atoms with van der Waals surface area (Å²) >= 11 is 4.55. The number of carbonyl (C=O) groups is 2. The Bertz CT molecular complexity index is 4020. The van der Waals surface area contributed by atoms with Gasteiger partial charge in [-0.3, -0.25) is 9.80 Å². The Morgan fingerprint density at radius 3 is 1.77 bits per heavy atom. The summed E-state index contributed by atoms with van der Waals surface area (Å²) in [7, 11) is -1.28. The summed E-state index contributed by atoms with van der Waals surface area (Å²) in [4.78, 5) is 61.4. The first-order chi connectivity index (χ1) is 44.7. The number of imidazole rings is 4. The fourth-order valence-corrected chi connectivity index (χ4v) is 15.1. The average Bonchev–Trinajstić information content (AvgIpc) is 1.66. The van der Waals surface area contributed by atoms with E-state index in [1.807, 2.05) is 51.3 Å². The van der Waals surface area contributed by atoms with Crippen LogP contribution in [0.5, 0.6) is 0 Å². The van der Waals surface area contributed by atoms with Crippen molar-refractivity contribution in [1.82, 2.24) is 54.6 Å². The minimum Gasteiger partial charge on any atom is -0.444 e. The van der Waals surface area contributed by atoms with E-state index in [1.165, 1.54) is 83.6 Å².